The van der Waals surface area contributed by atoms with Crippen molar-refractivity contribution in [3.05, 3.63) is 12.4 Å². The summed E-state index contributed by atoms with van der Waals surface area (Å²) in [7, 11) is 1.77. The topological polar surface area (TPSA) is 67.6 Å². The van der Waals surface area contributed by atoms with Crippen molar-refractivity contribution >= 4 is 11.8 Å². The molecule has 0 aliphatic carbocycles. The summed E-state index contributed by atoms with van der Waals surface area (Å²) < 4.78 is 7.04. The highest BCUT2D eigenvalue weighted by molar-refractivity contribution is 5.86. The molecule has 1 aromatic rings. The number of amides is 1. The van der Waals surface area contributed by atoms with Crippen LogP contribution in [0.5, 0.6) is 0 Å². The molecule has 17 heavy (non-hydrogen) atoms. The molecule has 6 heteroatoms. The number of carbonyl (C=O) groups is 1. The lowest BCUT2D eigenvalue weighted by Crippen LogP contribution is -2.44. The Morgan fingerprint density at radius 3 is 3.00 bits per heavy atom. The van der Waals surface area contributed by atoms with Crippen LogP contribution in [0.4, 0.5) is 10.5 Å². The average Bonchev–Trinajstić information content (AvgIpc) is 2.64. The van der Waals surface area contributed by atoms with E-state index in [9.17, 15) is 9.90 Å². The van der Waals surface area contributed by atoms with Gasteiger partial charge in [0.05, 0.1) is 18.0 Å². The van der Waals surface area contributed by atoms with Crippen molar-refractivity contribution in [3.8, 4) is 0 Å². The maximum atomic E-state index is 11.4. The first-order valence-electron chi connectivity index (χ1n) is 5.70. The Labute approximate surface area is 99.8 Å². The number of hydrogen-bond donors (Lipinski definition) is 1. The van der Waals surface area contributed by atoms with Gasteiger partial charge in [-0.05, 0) is 19.8 Å². The summed E-state index contributed by atoms with van der Waals surface area (Å²) >= 11 is 0. The predicted octanol–water partition coefficient (Wildman–Crippen LogP) is 1.47. The molecule has 1 amide bonds. The Bertz CT molecular complexity index is 404. The molecule has 6 nitrogen and oxygen atoms in total. The predicted molar refractivity (Wildman–Crippen MR) is 62.1 cm³/mol. The van der Waals surface area contributed by atoms with E-state index in [2.05, 4.69) is 5.10 Å². The van der Waals surface area contributed by atoms with E-state index in [1.54, 1.807) is 24.1 Å². The van der Waals surface area contributed by atoms with Crippen LogP contribution in [0.1, 0.15) is 19.8 Å². The quantitative estimate of drug-likeness (QED) is 0.848. The minimum absolute atomic E-state index is 0.0274. The van der Waals surface area contributed by atoms with Gasteiger partial charge in [-0.15, -0.1) is 0 Å². The highest BCUT2D eigenvalue weighted by Gasteiger charge is 2.30. The number of anilines is 1. The van der Waals surface area contributed by atoms with Crippen molar-refractivity contribution in [2.75, 3.05) is 11.5 Å². The van der Waals surface area contributed by atoms with Gasteiger partial charge in [0, 0.05) is 25.9 Å². The lowest BCUT2D eigenvalue weighted by atomic mass is 10.0. The Kier molecular flexibility index (Phi) is 3.33. The fraction of sp³-hybridized carbons (Fsp3) is 0.636. The van der Waals surface area contributed by atoms with Gasteiger partial charge >= 0.3 is 6.09 Å². The molecule has 1 aliphatic rings. The summed E-state index contributed by atoms with van der Waals surface area (Å²) in [6.07, 6.45) is 3.92. The minimum Gasteiger partial charge on any atom is -0.465 e. The zero-order chi connectivity index (χ0) is 12.4. The molecule has 1 saturated heterocycles. The molecule has 2 rings (SSSR count). The molecule has 0 aromatic carbocycles. The summed E-state index contributed by atoms with van der Waals surface area (Å²) in [5, 5.41) is 13.3. The number of carboxylic acid groups (broad SMARTS) is 1. The van der Waals surface area contributed by atoms with Gasteiger partial charge in [-0.3, -0.25) is 9.58 Å². The summed E-state index contributed by atoms with van der Waals surface area (Å²) in [4.78, 5) is 12.8. The molecule has 2 atom stereocenters. The summed E-state index contributed by atoms with van der Waals surface area (Å²) in [5.41, 5.74) is 0.624. The maximum absolute atomic E-state index is 11.4. The molecule has 94 valence electrons. The molecule has 1 aliphatic heterocycles. The molecular formula is C11H17N3O3. The molecule has 1 aromatic heterocycles. The van der Waals surface area contributed by atoms with Crippen molar-refractivity contribution in [3.63, 3.8) is 0 Å². The van der Waals surface area contributed by atoms with Crippen LogP contribution >= 0.6 is 0 Å². The Morgan fingerprint density at radius 1 is 1.71 bits per heavy atom. The van der Waals surface area contributed by atoms with Crippen molar-refractivity contribution in [2.45, 2.75) is 31.9 Å². The molecule has 1 fully saturated rings. The van der Waals surface area contributed by atoms with Gasteiger partial charge < -0.3 is 9.84 Å². The first-order valence-corrected chi connectivity index (χ1v) is 5.70. The lowest BCUT2D eigenvalue weighted by molar-refractivity contribution is 0.0188. The first kappa shape index (κ1) is 11.9. The molecule has 0 saturated carbocycles. The van der Waals surface area contributed by atoms with E-state index in [-0.39, 0.29) is 12.1 Å². The number of aromatic nitrogens is 2. The Hall–Kier alpha value is -1.56. The van der Waals surface area contributed by atoms with Crippen LogP contribution in [0.25, 0.3) is 0 Å². The standard InChI is InChI=1S/C11H17N3O3/c1-8-5-9(3-4-17-8)14(11(15)16)10-6-12-13(2)7-10/h6-9H,3-5H2,1-2H3,(H,15,16)/t8-,9-/m0/s1. The molecule has 0 radical (unpaired) electrons. The average molecular weight is 239 g/mol. The SMILES string of the molecule is C[C@H]1C[C@@H](N(C(=O)O)c2cnn(C)c2)CCO1. The summed E-state index contributed by atoms with van der Waals surface area (Å²) in [6, 6.07) is -0.0274. The first-order chi connectivity index (χ1) is 8.08. The van der Waals surface area contributed by atoms with Crippen LogP contribution in [0.15, 0.2) is 12.4 Å². The molecule has 2 heterocycles. The second kappa shape index (κ2) is 4.75. The van der Waals surface area contributed by atoms with Crippen molar-refractivity contribution < 1.29 is 14.6 Å². The normalized spacial score (nSPS) is 24.6. The number of aryl methyl sites for hydroxylation is 1. The van der Waals surface area contributed by atoms with Gasteiger partial charge in [0.2, 0.25) is 0 Å². The van der Waals surface area contributed by atoms with E-state index in [1.165, 1.54) is 4.90 Å². The molecule has 0 unspecified atom stereocenters. The van der Waals surface area contributed by atoms with E-state index in [0.717, 1.165) is 12.8 Å². The summed E-state index contributed by atoms with van der Waals surface area (Å²) in [6.45, 7) is 2.57. The third-order valence-electron chi connectivity index (χ3n) is 3.00. The Balaban J connectivity index is 2.20. The van der Waals surface area contributed by atoms with Crippen molar-refractivity contribution in [2.24, 2.45) is 7.05 Å². The largest absolute Gasteiger partial charge is 0.465 e. The second-order valence-corrected chi connectivity index (χ2v) is 4.38. The van der Waals surface area contributed by atoms with Gasteiger partial charge in [-0.1, -0.05) is 0 Å². The second-order valence-electron chi connectivity index (χ2n) is 4.38. The third kappa shape index (κ3) is 2.58. The van der Waals surface area contributed by atoms with Gasteiger partial charge in [0.25, 0.3) is 0 Å². The van der Waals surface area contributed by atoms with Crippen LogP contribution in [0.3, 0.4) is 0 Å². The number of nitrogens with zero attached hydrogens (tertiary/aromatic N) is 3. The summed E-state index contributed by atoms with van der Waals surface area (Å²) in [5.74, 6) is 0. The highest BCUT2D eigenvalue weighted by atomic mass is 16.5. The minimum atomic E-state index is -0.933. The fourth-order valence-corrected chi connectivity index (χ4v) is 2.22. The molecular weight excluding hydrogens is 222 g/mol. The van der Waals surface area contributed by atoms with Crippen LogP contribution in [-0.4, -0.2) is 39.7 Å². The number of ether oxygens (including phenoxy) is 1. The zero-order valence-electron chi connectivity index (χ0n) is 10.0. The van der Waals surface area contributed by atoms with E-state index in [0.29, 0.717) is 12.3 Å². The smallest absolute Gasteiger partial charge is 0.412 e. The van der Waals surface area contributed by atoms with Crippen LogP contribution in [-0.2, 0) is 11.8 Å². The van der Waals surface area contributed by atoms with Crippen molar-refractivity contribution in [1.82, 2.24) is 9.78 Å². The van der Waals surface area contributed by atoms with Gasteiger partial charge in [0.15, 0.2) is 0 Å². The van der Waals surface area contributed by atoms with Gasteiger partial charge in [0.1, 0.15) is 0 Å². The van der Waals surface area contributed by atoms with Crippen molar-refractivity contribution in [1.29, 1.82) is 0 Å². The molecule has 0 spiro atoms. The third-order valence-corrected chi connectivity index (χ3v) is 3.00. The van der Waals surface area contributed by atoms with Gasteiger partial charge in [-0.25, -0.2) is 4.79 Å². The van der Waals surface area contributed by atoms with E-state index >= 15 is 0 Å². The Morgan fingerprint density at radius 2 is 2.47 bits per heavy atom. The number of rotatable bonds is 2. The van der Waals surface area contributed by atoms with E-state index in [4.69, 9.17) is 4.74 Å². The fourth-order valence-electron chi connectivity index (χ4n) is 2.22. The van der Waals surface area contributed by atoms with E-state index in [1.807, 2.05) is 6.92 Å². The van der Waals surface area contributed by atoms with E-state index < -0.39 is 6.09 Å². The van der Waals surface area contributed by atoms with Gasteiger partial charge in [-0.2, -0.15) is 5.10 Å². The lowest BCUT2D eigenvalue weighted by Gasteiger charge is -2.34. The maximum Gasteiger partial charge on any atom is 0.412 e. The van der Waals surface area contributed by atoms with Crippen LogP contribution < -0.4 is 4.90 Å². The van der Waals surface area contributed by atoms with Crippen LogP contribution in [0.2, 0.25) is 0 Å². The zero-order valence-corrected chi connectivity index (χ0v) is 10.0. The number of hydrogen-bond acceptors (Lipinski definition) is 3. The monoisotopic (exact) mass is 239 g/mol. The highest BCUT2D eigenvalue weighted by Crippen LogP contribution is 2.24. The molecule has 1 N–H and O–H groups in total. The van der Waals surface area contributed by atoms with Crippen LogP contribution in [0, 0.1) is 0 Å². The molecule has 0 bridgehead atoms.